The fourth-order valence-corrected chi connectivity index (χ4v) is 3.96. The SMILES string of the molecule is CC(C)(C)C(=O)NCc1ccc(-c2csc(-c3ccc(F)cc3)n2)s1. The molecule has 0 spiro atoms. The summed E-state index contributed by atoms with van der Waals surface area (Å²) in [6.07, 6.45) is 0. The Hall–Kier alpha value is -2.05. The number of hydrogen-bond acceptors (Lipinski definition) is 4. The van der Waals surface area contributed by atoms with Gasteiger partial charge >= 0.3 is 0 Å². The molecule has 0 saturated heterocycles. The van der Waals surface area contributed by atoms with Crippen molar-refractivity contribution in [1.29, 1.82) is 0 Å². The third-order valence-electron chi connectivity index (χ3n) is 3.61. The van der Waals surface area contributed by atoms with Crippen molar-refractivity contribution in [3.05, 3.63) is 52.5 Å². The molecule has 0 unspecified atom stereocenters. The first-order valence-electron chi connectivity index (χ1n) is 7.92. The van der Waals surface area contributed by atoms with Crippen molar-refractivity contribution in [2.24, 2.45) is 5.41 Å². The van der Waals surface area contributed by atoms with Crippen LogP contribution in [-0.2, 0) is 11.3 Å². The van der Waals surface area contributed by atoms with Crippen LogP contribution >= 0.6 is 22.7 Å². The molecule has 1 amide bonds. The van der Waals surface area contributed by atoms with Gasteiger partial charge in [0.15, 0.2) is 0 Å². The molecular weight excluding hydrogens is 355 g/mol. The Labute approximate surface area is 154 Å². The maximum absolute atomic E-state index is 13.0. The highest BCUT2D eigenvalue weighted by Gasteiger charge is 2.20. The fourth-order valence-electron chi connectivity index (χ4n) is 2.16. The Morgan fingerprint density at radius 2 is 1.88 bits per heavy atom. The predicted molar refractivity (Wildman–Crippen MR) is 102 cm³/mol. The number of nitrogens with zero attached hydrogens (tertiary/aromatic N) is 1. The van der Waals surface area contributed by atoms with E-state index < -0.39 is 0 Å². The first kappa shape index (κ1) is 17.8. The number of thiazole rings is 1. The number of aromatic nitrogens is 1. The van der Waals surface area contributed by atoms with Gasteiger partial charge in [0, 0.05) is 21.2 Å². The Morgan fingerprint density at radius 1 is 1.16 bits per heavy atom. The van der Waals surface area contributed by atoms with Crippen molar-refractivity contribution in [2.75, 3.05) is 0 Å². The fraction of sp³-hybridized carbons (Fsp3) is 0.263. The lowest BCUT2D eigenvalue weighted by molar-refractivity contribution is -0.128. The number of carbonyl (C=O) groups excluding carboxylic acids is 1. The highest BCUT2D eigenvalue weighted by molar-refractivity contribution is 7.16. The van der Waals surface area contributed by atoms with E-state index in [-0.39, 0.29) is 17.1 Å². The van der Waals surface area contributed by atoms with E-state index in [1.54, 1.807) is 23.5 Å². The van der Waals surface area contributed by atoms with Crippen molar-refractivity contribution in [3.63, 3.8) is 0 Å². The quantitative estimate of drug-likeness (QED) is 0.670. The minimum absolute atomic E-state index is 0.0368. The normalized spacial score (nSPS) is 11.5. The summed E-state index contributed by atoms with van der Waals surface area (Å²) >= 11 is 3.16. The van der Waals surface area contributed by atoms with E-state index in [9.17, 15) is 9.18 Å². The summed E-state index contributed by atoms with van der Waals surface area (Å²) in [5, 5.41) is 5.83. The van der Waals surface area contributed by atoms with Crippen LogP contribution in [-0.4, -0.2) is 10.9 Å². The first-order valence-corrected chi connectivity index (χ1v) is 9.61. The largest absolute Gasteiger partial charge is 0.351 e. The van der Waals surface area contributed by atoms with Gasteiger partial charge < -0.3 is 5.32 Å². The summed E-state index contributed by atoms with van der Waals surface area (Å²) in [6, 6.07) is 10.4. The molecule has 1 N–H and O–H groups in total. The van der Waals surface area contributed by atoms with Crippen LogP contribution in [0.2, 0.25) is 0 Å². The molecule has 3 rings (SSSR count). The summed E-state index contributed by atoms with van der Waals surface area (Å²) in [4.78, 5) is 18.7. The van der Waals surface area contributed by atoms with Gasteiger partial charge in [-0.05, 0) is 36.4 Å². The Bertz CT molecular complexity index is 875. The van der Waals surface area contributed by atoms with E-state index in [1.165, 1.54) is 23.5 Å². The number of hydrogen-bond donors (Lipinski definition) is 1. The molecule has 0 bridgehead atoms. The second kappa shape index (κ2) is 7.06. The molecule has 0 radical (unpaired) electrons. The standard InChI is InChI=1S/C19H19FN2OS2/c1-19(2,3)18(23)21-10-14-8-9-16(25-14)15-11-24-17(22-15)12-4-6-13(20)7-5-12/h4-9,11H,10H2,1-3H3,(H,21,23). The van der Waals surface area contributed by atoms with E-state index in [0.717, 1.165) is 26.0 Å². The second-order valence-corrected chi connectivity index (χ2v) is 8.77. The Kier molecular flexibility index (Phi) is 5.01. The topological polar surface area (TPSA) is 42.0 Å². The molecule has 0 aliphatic carbocycles. The van der Waals surface area contributed by atoms with E-state index in [4.69, 9.17) is 0 Å². The zero-order valence-electron chi connectivity index (χ0n) is 14.3. The molecule has 0 aliphatic heterocycles. The summed E-state index contributed by atoms with van der Waals surface area (Å²) in [5.74, 6) is -0.213. The number of benzene rings is 1. The van der Waals surface area contributed by atoms with Gasteiger partial charge in [-0.1, -0.05) is 20.8 Å². The molecule has 0 aliphatic rings. The van der Waals surface area contributed by atoms with Gasteiger partial charge in [-0.2, -0.15) is 0 Å². The van der Waals surface area contributed by atoms with E-state index in [1.807, 2.05) is 38.3 Å². The van der Waals surface area contributed by atoms with Gasteiger partial charge in [-0.25, -0.2) is 9.37 Å². The third-order valence-corrected chi connectivity index (χ3v) is 5.61. The molecule has 0 saturated carbocycles. The van der Waals surface area contributed by atoms with Gasteiger partial charge in [0.2, 0.25) is 5.91 Å². The van der Waals surface area contributed by atoms with Crippen molar-refractivity contribution in [3.8, 4) is 21.1 Å². The highest BCUT2D eigenvalue weighted by Crippen LogP contribution is 2.32. The lowest BCUT2D eigenvalue weighted by Crippen LogP contribution is -2.34. The number of carbonyl (C=O) groups is 1. The first-order chi connectivity index (χ1) is 11.8. The molecule has 0 fully saturated rings. The predicted octanol–water partition coefficient (Wildman–Crippen LogP) is 5.34. The number of nitrogens with one attached hydrogen (secondary N) is 1. The minimum atomic E-state index is -0.390. The van der Waals surface area contributed by atoms with Crippen LogP contribution in [0.25, 0.3) is 21.1 Å². The van der Waals surface area contributed by atoms with E-state index >= 15 is 0 Å². The number of rotatable bonds is 4. The number of thiophene rings is 1. The maximum Gasteiger partial charge on any atom is 0.225 e. The third kappa shape index (κ3) is 4.32. The molecule has 25 heavy (non-hydrogen) atoms. The molecule has 3 aromatic rings. The van der Waals surface area contributed by atoms with Crippen molar-refractivity contribution < 1.29 is 9.18 Å². The molecule has 2 heterocycles. The summed E-state index contributed by atoms with van der Waals surface area (Å²) in [5.41, 5.74) is 1.42. The molecule has 3 nitrogen and oxygen atoms in total. The van der Waals surface area contributed by atoms with Crippen LogP contribution in [0.4, 0.5) is 4.39 Å². The lowest BCUT2D eigenvalue weighted by atomic mass is 9.96. The van der Waals surface area contributed by atoms with Crippen LogP contribution in [0.5, 0.6) is 0 Å². The van der Waals surface area contributed by atoms with Gasteiger partial charge in [-0.3, -0.25) is 4.79 Å². The monoisotopic (exact) mass is 374 g/mol. The van der Waals surface area contributed by atoms with Crippen LogP contribution in [0, 0.1) is 11.2 Å². The van der Waals surface area contributed by atoms with Crippen molar-refractivity contribution in [2.45, 2.75) is 27.3 Å². The molecule has 0 atom stereocenters. The summed E-state index contributed by atoms with van der Waals surface area (Å²) < 4.78 is 13.0. The molecule has 2 aromatic heterocycles. The maximum atomic E-state index is 13.0. The van der Waals surface area contributed by atoms with Gasteiger partial charge in [-0.15, -0.1) is 22.7 Å². The van der Waals surface area contributed by atoms with Crippen molar-refractivity contribution in [1.82, 2.24) is 10.3 Å². The zero-order chi connectivity index (χ0) is 18.0. The van der Waals surface area contributed by atoms with E-state index in [0.29, 0.717) is 6.54 Å². The lowest BCUT2D eigenvalue weighted by Gasteiger charge is -2.17. The van der Waals surface area contributed by atoms with Crippen LogP contribution in [0.15, 0.2) is 41.8 Å². The van der Waals surface area contributed by atoms with Crippen molar-refractivity contribution >= 4 is 28.6 Å². The Morgan fingerprint density at radius 3 is 2.56 bits per heavy atom. The molecule has 6 heteroatoms. The number of halogens is 1. The van der Waals surface area contributed by atoms with Gasteiger partial charge in [0.05, 0.1) is 17.1 Å². The summed E-state index contributed by atoms with van der Waals surface area (Å²) in [6.45, 7) is 6.22. The second-order valence-electron chi connectivity index (χ2n) is 6.74. The smallest absolute Gasteiger partial charge is 0.225 e. The molecule has 130 valence electrons. The zero-order valence-corrected chi connectivity index (χ0v) is 15.9. The molecule has 1 aromatic carbocycles. The average molecular weight is 375 g/mol. The summed E-state index contributed by atoms with van der Waals surface area (Å²) in [7, 11) is 0. The van der Waals surface area contributed by atoms with Crippen LogP contribution < -0.4 is 5.32 Å². The average Bonchev–Trinajstić information content (AvgIpc) is 3.21. The minimum Gasteiger partial charge on any atom is -0.351 e. The van der Waals surface area contributed by atoms with Crippen LogP contribution in [0.3, 0.4) is 0 Å². The Balaban J connectivity index is 1.70. The number of amides is 1. The van der Waals surface area contributed by atoms with Gasteiger partial charge in [0.1, 0.15) is 10.8 Å². The van der Waals surface area contributed by atoms with E-state index in [2.05, 4.69) is 10.3 Å². The molecular formula is C19H19FN2OS2. The van der Waals surface area contributed by atoms with Gasteiger partial charge in [0.25, 0.3) is 0 Å². The highest BCUT2D eigenvalue weighted by atomic mass is 32.1. The van der Waals surface area contributed by atoms with Crippen LogP contribution in [0.1, 0.15) is 25.6 Å².